The molecule has 0 radical (unpaired) electrons. The van der Waals surface area contributed by atoms with Gasteiger partial charge in [0.05, 0.1) is 0 Å². The van der Waals surface area contributed by atoms with Crippen molar-refractivity contribution in [3.05, 3.63) is 127 Å². The van der Waals surface area contributed by atoms with Crippen LogP contribution in [0.2, 0.25) is 0 Å². The molecular formula is C42H29BN10. The molecule has 0 fully saturated rings. The van der Waals surface area contributed by atoms with Gasteiger partial charge in [-0.1, -0.05) is 142 Å². The lowest BCUT2D eigenvalue weighted by Gasteiger charge is -2.32. The van der Waals surface area contributed by atoms with E-state index in [1.54, 1.807) is 0 Å². The second-order valence-electron chi connectivity index (χ2n) is 14.5. The fourth-order valence-electron chi connectivity index (χ4n) is 7.61. The molecule has 0 unspecified atom stereocenters. The summed E-state index contributed by atoms with van der Waals surface area (Å²) < 4.78 is 4.28. The summed E-state index contributed by atoms with van der Waals surface area (Å²) >= 11 is 0. The molecule has 53 heavy (non-hydrogen) atoms. The number of imidazole rings is 2. The van der Waals surface area contributed by atoms with E-state index in [0.717, 1.165) is 73.2 Å². The van der Waals surface area contributed by atoms with Crippen molar-refractivity contribution < 1.29 is 0 Å². The van der Waals surface area contributed by atoms with Gasteiger partial charge < -0.3 is 0 Å². The van der Waals surface area contributed by atoms with E-state index < -0.39 is 6.71 Å². The van der Waals surface area contributed by atoms with Gasteiger partial charge in [-0.15, -0.1) is 0 Å². The Balaban J connectivity index is 1.34. The summed E-state index contributed by atoms with van der Waals surface area (Å²) in [5, 5.41) is 0. The Kier molecular flexibility index (Phi) is 6.09. The molecule has 5 aromatic heterocycles. The van der Waals surface area contributed by atoms with E-state index in [2.05, 4.69) is 54.2 Å². The van der Waals surface area contributed by atoms with Gasteiger partial charge in [0.25, 0.3) is 0 Å². The Bertz CT molecular complexity index is 2730. The van der Waals surface area contributed by atoms with Gasteiger partial charge in [-0.25, -0.2) is 39.9 Å². The third kappa shape index (κ3) is 4.34. The van der Waals surface area contributed by atoms with Crippen LogP contribution in [-0.2, 0) is 5.41 Å². The molecule has 0 saturated heterocycles. The summed E-state index contributed by atoms with van der Waals surface area (Å²) in [5.74, 6) is 4.82. The molecule has 0 bridgehead atoms. The standard InChI is InChI=1S/C42H29BN10/c1-42(2,3)41-50-39-28-40(51-41)53-30-32(45-34(25-18-10-5-11-19-25)47-36(30)49-38(53)27-22-14-7-15-23-27)43(28)31-29-35(46-33(44-31)24-16-8-4-9-17-24)48-37(52(29)39)26-20-12-6-13-21-26/h4-23H,1-3H3. The summed E-state index contributed by atoms with van der Waals surface area (Å²) in [4.78, 5) is 42.4. The number of hydrogen-bond donors (Lipinski definition) is 0. The second kappa shape index (κ2) is 10.8. The maximum absolute atomic E-state index is 5.42. The van der Waals surface area contributed by atoms with E-state index >= 15 is 0 Å². The van der Waals surface area contributed by atoms with Crippen LogP contribution in [0.1, 0.15) is 26.6 Å². The molecule has 0 amide bonds. The summed E-state index contributed by atoms with van der Waals surface area (Å²) in [7, 11) is 0. The third-order valence-corrected chi connectivity index (χ3v) is 10.0. The van der Waals surface area contributed by atoms with Crippen molar-refractivity contribution in [1.29, 1.82) is 0 Å². The quantitative estimate of drug-likeness (QED) is 0.213. The van der Waals surface area contributed by atoms with Crippen LogP contribution in [0.15, 0.2) is 121 Å². The Morgan fingerprint density at radius 3 is 1.19 bits per heavy atom. The van der Waals surface area contributed by atoms with Crippen molar-refractivity contribution in [1.82, 2.24) is 49.0 Å². The summed E-state index contributed by atoms with van der Waals surface area (Å²) in [6.45, 7) is 5.95. The van der Waals surface area contributed by atoms with E-state index in [1.807, 2.05) is 97.1 Å². The van der Waals surface area contributed by atoms with Crippen LogP contribution in [-0.4, -0.2) is 55.7 Å². The van der Waals surface area contributed by atoms with Crippen LogP contribution in [0.5, 0.6) is 0 Å². The fourth-order valence-corrected chi connectivity index (χ4v) is 7.61. The molecule has 0 aliphatic carbocycles. The van der Waals surface area contributed by atoms with Gasteiger partial charge in [0.15, 0.2) is 22.9 Å². The van der Waals surface area contributed by atoms with Crippen molar-refractivity contribution in [2.24, 2.45) is 0 Å². The summed E-state index contributed by atoms with van der Waals surface area (Å²) in [6, 6.07) is 40.5. The molecule has 0 N–H and O–H groups in total. The molecule has 9 aromatic rings. The highest BCUT2D eigenvalue weighted by Gasteiger charge is 2.47. The first-order valence-electron chi connectivity index (χ1n) is 17.7. The number of rotatable bonds is 4. The van der Waals surface area contributed by atoms with Crippen LogP contribution < -0.4 is 16.6 Å². The predicted octanol–water partition coefficient (Wildman–Crippen LogP) is 5.84. The largest absolute Gasteiger partial charge is 0.303 e. The highest BCUT2D eigenvalue weighted by atomic mass is 15.2. The van der Waals surface area contributed by atoms with Crippen molar-refractivity contribution in [2.45, 2.75) is 26.2 Å². The lowest BCUT2D eigenvalue weighted by Crippen LogP contribution is -2.62. The maximum Gasteiger partial charge on any atom is 0.303 e. The average molecular weight is 685 g/mol. The summed E-state index contributed by atoms with van der Waals surface area (Å²) in [6.07, 6.45) is 0. The Labute approximate surface area is 304 Å². The normalized spacial score (nSPS) is 12.8. The average Bonchev–Trinajstić information content (AvgIpc) is 3.79. The van der Waals surface area contributed by atoms with E-state index in [1.165, 1.54) is 0 Å². The van der Waals surface area contributed by atoms with Crippen LogP contribution in [0.25, 0.3) is 79.5 Å². The van der Waals surface area contributed by atoms with Gasteiger partial charge in [0.2, 0.25) is 0 Å². The number of fused-ring (bicyclic) bond motifs is 4. The highest BCUT2D eigenvalue weighted by Crippen LogP contribution is 2.36. The van der Waals surface area contributed by atoms with E-state index in [4.69, 9.17) is 39.9 Å². The smallest absolute Gasteiger partial charge is 0.274 e. The number of benzene rings is 4. The molecule has 0 spiro atoms. The van der Waals surface area contributed by atoms with Crippen molar-refractivity contribution in [3.63, 3.8) is 0 Å². The van der Waals surface area contributed by atoms with E-state index in [9.17, 15) is 0 Å². The SMILES string of the molecule is CC(C)(C)c1nc2c3c(n1)-n1c(-c4ccccc4)nc4nc(-c5ccccc5)nc(c41)B3c1nc(-c3ccccc3)nc3nc(-c4ccccc4)n-2c13. The van der Waals surface area contributed by atoms with Gasteiger partial charge in [-0.2, -0.15) is 0 Å². The molecular weight excluding hydrogens is 655 g/mol. The topological polar surface area (TPSA) is 113 Å². The second-order valence-corrected chi connectivity index (χ2v) is 14.5. The van der Waals surface area contributed by atoms with E-state index in [-0.39, 0.29) is 5.41 Å². The monoisotopic (exact) mass is 684 g/mol. The van der Waals surface area contributed by atoms with Gasteiger partial charge in [0, 0.05) is 44.3 Å². The number of hydrogen-bond acceptors (Lipinski definition) is 8. The summed E-state index contributed by atoms with van der Waals surface area (Å²) in [5.41, 5.74) is 8.56. The first kappa shape index (κ1) is 29.8. The first-order valence-corrected chi connectivity index (χ1v) is 17.7. The number of nitrogens with zero attached hydrogens (tertiary/aromatic N) is 10. The zero-order valence-corrected chi connectivity index (χ0v) is 29.1. The fraction of sp³-hybridized carbons (Fsp3) is 0.0952. The van der Waals surface area contributed by atoms with Crippen LogP contribution in [0.4, 0.5) is 0 Å². The maximum atomic E-state index is 5.42. The number of aromatic nitrogens is 10. The molecule has 250 valence electrons. The van der Waals surface area contributed by atoms with Crippen molar-refractivity contribution in [3.8, 4) is 57.2 Å². The molecule has 0 atom stereocenters. The molecule has 10 nitrogen and oxygen atoms in total. The van der Waals surface area contributed by atoms with Gasteiger partial charge >= 0.3 is 6.71 Å². The molecule has 11 heteroatoms. The van der Waals surface area contributed by atoms with Crippen LogP contribution >= 0.6 is 0 Å². The minimum absolute atomic E-state index is 0.387. The molecule has 2 aliphatic heterocycles. The lowest BCUT2D eigenvalue weighted by molar-refractivity contribution is 0.542. The molecule has 11 rings (SSSR count). The Morgan fingerprint density at radius 1 is 0.434 bits per heavy atom. The molecule has 0 saturated carbocycles. The van der Waals surface area contributed by atoms with Crippen molar-refractivity contribution >= 4 is 45.7 Å². The van der Waals surface area contributed by atoms with Crippen molar-refractivity contribution in [2.75, 3.05) is 0 Å². The van der Waals surface area contributed by atoms with E-state index in [0.29, 0.717) is 28.8 Å². The first-order chi connectivity index (χ1) is 25.9. The third-order valence-electron chi connectivity index (χ3n) is 10.0. The Hall–Kier alpha value is -6.88. The van der Waals surface area contributed by atoms with Crippen LogP contribution in [0, 0.1) is 0 Å². The minimum Gasteiger partial charge on any atom is -0.274 e. The molecule has 7 heterocycles. The molecule has 2 aliphatic rings. The zero-order chi connectivity index (χ0) is 35.4. The predicted molar refractivity (Wildman–Crippen MR) is 208 cm³/mol. The lowest BCUT2D eigenvalue weighted by atomic mass is 9.38. The minimum atomic E-state index is -0.462. The van der Waals surface area contributed by atoms with Gasteiger partial charge in [-0.3, -0.25) is 9.13 Å². The Morgan fingerprint density at radius 2 is 0.811 bits per heavy atom. The highest BCUT2D eigenvalue weighted by molar-refractivity contribution is 6.99. The molecule has 4 aromatic carbocycles. The van der Waals surface area contributed by atoms with Crippen LogP contribution in [0.3, 0.4) is 0 Å². The van der Waals surface area contributed by atoms with Gasteiger partial charge in [-0.05, 0) is 0 Å². The zero-order valence-electron chi connectivity index (χ0n) is 29.1. The van der Waals surface area contributed by atoms with Gasteiger partial charge in [0.1, 0.15) is 40.1 Å².